The van der Waals surface area contributed by atoms with Crippen molar-refractivity contribution in [2.75, 3.05) is 19.0 Å². The van der Waals surface area contributed by atoms with Crippen molar-refractivity contribution in [2.24, 2.45) is 0 Å². The van der Waals surface area contributed by atoms with Crippen molar-refractivity contribution in [1.29, 1.82) is 0 Å². The molecular formula is C17H15N3O3. The number of carbonyl (C=O) groups excluding carboxylic acids is 1. The lowest BCUT2D eigenvalue weighted by Gasteiger charge is -2.13. The van der Waals surface area contributed by atoms with Gasteiger partial charge in [0, 0.05) is 25.3 Å². The van der Waals surface area contributed by atoms with Crippen LogP contribution in [0.5, 0.6) is 5.75 Å². The topological polar surface area (TPSA) is 68.5 Å². The molecule has 6 heteroatoms. The van der Waals surface area contributed by atoms with E-state index in [4.69, 9.17) is 9.15 Å². The molecule has 2 aromatic carbocycles. The Morgan fingerprint density at radius 3 is 2.57 bits per heavy atom. The molecule has 0 atom stereocenters. The van der Waals surface area contributed by atoms with Crippen LogP contribution in [0.25, 0.3) is 11.5 Å². The Labute approximate surface area is 133 Å². The minimum atomic E-state index is -0.403. The van der Waals surface area contributed by atoms with E-state index in [1.807, 2.05) is 31.1 Å². The molecule has 0 fully saturated rings. The standard InChI is InChI=1S/C17H15N3O3/c1-20(2)14-5-3-4-13(10-14)17(21)23-15-8-6-12(7-9-15)16-19-18-11-22-16/h3-11H,1-2H3. The average molecular weight is 309 g/mol. The fraction of sp³-hybridized carbons (Fsp3) is 0.118. The highest BCUT2D eigenvalue weighted by Crippen LogP contribution is 2.21. The summed E-state index contributed by atoms with van der Waals surface area (Å²) in [6, 6.07) is 14.1. The summed E-state index contributed by atoms with van der Waals surface area (Å²) in [7, 11) is 3.83. The van der Waals surface area contributed by atoms with Gasteiger partial charge in [-0.25, -0.2) is 4.79 Å². The number of esters is 1. The first-order chi connectivity index (χ1) is 11.1. The summed E-state index contributed by atoms with van der Waals surface area (Å²) in [5.74, 6) is 0.467. The predicted octanol–water partition coefficient (Wildman–Crippen LogP) is 3.02. The minimum Gasteiger partial charge on any atom is -0.423 e. The summed E-state index contributed by atoms with van der Waals surface area (Å²) in [5, 5.41) is 7.45. The average Bonchev–Trinajstić information content (AvgIpc) is 3.10. The molecule has 0 saturated carbocycles. The lowest BCUT2D eigenvalue weighted by Crippen LogP contribution is -2.12. The van der Waals surface area contributed by atoms with Crippen LogP contribution >= 0.6 is 0 Å². The Hall–Kier alpha value is -3.15. The Kier molecular flexibility index (Phi) is 4.05. The molecule has 3 aromatic rings. The zero-order chi connectivity index (χ0) is 16.2. The monoisotopic (exact) mass is 309 g/mol. The Bertz CT molecular complexity index is 796. The van der Waals surface area contributed by atoms with Gasteiger partial charge in [-0.05, 0) is 42.5 Å². The van der Waals surface area contributed by atoms with Crippen LogP contribution in [0.3, 0.4) is 0 Å². The zero-order valence-corrected chi connectivity index (χ0v) is 12.8. The SMILES string of the molecule is CN(C)c1cccc(C(=O)Oc2ccc(-c3nnco3)cc2)c1. The molecule has 0 bridgehead atoms. The van der Waals surface area contributed by atoms with Gasteiger partial charge in [-0.3, -0.25) is 0 Å². The lowest BCUT2D eigenvalue weighted by molar-refractivity contribution is 0.0735. The van der Waals surface area contributed by atoms with Gasteiger partial charge in [-0.15, -0.1) is 10.2 Å². The van der Waals surface area contributed by atoms with Gasteiger partial charge < -0.3 is 14.1 Å². The molecule has 0 saturated heterocycles. The van der Waals surface area contributed by atoms with Crippen LogP contribution in [0, 0.1) is 0 Å². The number of carbonyl (C=O) groups is 1. The van der Waals surface area contributed by atoms with Crippen molar-refractivity contribution in [3.63, 3.8) is 0 Å². The van der Waals surface area contributed by atoms with Crippen LogP contribution in [0.1, 0.15) is 10.4 Å². The van der Waals surface area contributed by atoms with Gasteiger partial charge in [0.25, 0.3) is 0 Å². The Morgan fingerprint density at radius 2 is 1.91 bits per heavy atom. The third-order valence-electron chi connectivity index (χ3n) is 3.27. The molecule has 0 aliphatic heterocycles. The second-order valence-corrected chi connectivity index (χ2v) is 5.10. The van der Waals surface area contributed by atoms with E-state index in [0.29, 0.717) is 17.2 Å². The largest absolute Gasteiger partial charge is 0.423 e. The van der Waals surface area contributed by atoms with Gasteiger partial charge in [0.2, 0.25) is 12.3 Å². The molecule has 0 aliphatic carbocycles. The molecule has 6 nitrogen and oxygen atoms in total. The maximum absolute atomic E-state index is 12.2. The van der Waals surface area contributed by atoms with E-state index < -0.39 is 5.97 Å². The summed E-state index contributed by atoms with van der Waals surface area (Å²) in [6.45, 7) is 0. The van der Waals surface area contributed by atoms with E-state index >= 15 is 0 Å². The molecule has 0 unspecified atom stereocenters. The fourth-order valence-electron chi connectivity index (χ4n) is 2.04. The van der Waals surface area contributed by atoms with Gasteiger partial charge in [-0.1, -0.05) is 6.07 Å². The van der Waals surface area contributed by atoms with E-state index in [2.05, 4.69) is 10.2 Å². The maximum atomic E-state index is 12.2. The molecule has 3 rings (SSSR count). The van der Waals surface area contributed by atoms with Crippen LogP contribution in [0.2, 0.25) is 0 Å². The van der Waals surface area contributed by atoms with E-state index in [9.17, 15) is 4.79 Å². The van der Waals surface area contributed by atoms with Crippen molar-refractivity contribution in [1.82, 2.24) is 10.2 Å². The van der Waals surface area contributed by atoms with Gasteiger partial charge >= 0.3 is 5.97 Å². The fourth-order valence-corrected chi connectivity index (χ4v) is 2.04. The molecular weight excluding hydrogens is 294 g/mol. The summed E-state index contributed by atoms with van der Waals surface area (Å²) < 4.78 is 10.5. The molecule has 0 radical (unpaired) electrons. The van der Waals surface area contributed by atoms with Gasteiger partial charge in [0.05, 0.1) is 5.56 Å². The number of ether oxygens (including phenoxy) is 1. The molecule has 0 spiro atoms. The number of hydrogen-bond acceptors (Lipinski definition) is 6. The van der Waals surface area contributed by atoms with Crippen LogP contribution < -0.4 is 9.64 Å². The van der Waals surface area contributed by atoms with E-state index in [1.54, 1.807) is 36.4 Å². The highest BCUT2D eigenvalue weighted by atomic mass is 16.5. The molecule has 1 heterocycles. The molecule has 0 aliphatic rings. The van der Waals surface area contributed by atoms with Crippen molar-refractivity contribution in [3.8, 4) is 17.2 Å². The summed E-state index contributed by atoms with van der Waals surface area (Å²) in [4.78, 5) is 14.1. The predicted molar refractivity (Wildman–Crippen MR) is 85.5 cm³/mol. The molecule has 0 N–H and O–H groups in total. The Balaban J connectivity index is 1.74. The number of aromatic nitrogens is 2. The second-order valence-electron chi connectivity index (χ2n) is 5.10. The number of anilines is 1. The van der Waals surface area contributed by atoms with E-state index in [0.717, 1.165) is 11.3 Å². The third-order valence-corrected chi connectivity index (χ3v) is 3.27. The molecule has 1 aromatic heterocycles. The highest BCUT2D eigenvalue weighted by Gasteiger charge is 2.10. The van der Waals surface area contributed by atoms with Gasteiger partial charge in [-0.2, -0.15) is 0 Å². The normalized spacial score (nSPS) is 10.3. The van der Waals surface area contributed by atoms with Crippen LogP contribution in [-0.2, 0) is 0 Å². The zero-order valence-electron chi connectivity index (χ0n) is 12.8. The minimum absolute atomic E-state index is 0.403. The van der Waals surface area contributed by atoms with Gasteiger partial charge in [0.1, 0.15) is 5.75 Å². The maximum Gasteiger partial charge on any atom is 0.343 e. The summed E-state index contributed by atoms with van der Waals surface area (Å²) >= 11 is 0. The summed E-state index contributed by atoms with van der Waals surface area (Å²) in [5.41, 5.74) is 2.19. The molecule has 0 amide bonds. The van der Waals surface area contributed by atoms with Crippen LogP contribution in [0.4, 0.5) is 5.69 Å². The van der Waals surface area contributed by atoms with E-state index in [-0.39, 0.29) is 0 Å². The number of hydrogen-bond donors (Lipinski definition) is 0. The lowest BCUT2D eigenvalue weighted by atomic mass is 10.2. The molecule has 23 heavy (non-hydrogen) atoms. The van der Waals surface area contributed by atoms with E-state index in [1.165, 1.54) is 6.39 Å². The number of nitrogens with zero attached hydrogens (tertiary/aromatic N) is 3. The van der Waals surface area contributed by atoms with Crippen molar-refractivity contribution in [2.45, 2.75) is 0 Å². The highest BCUT2D eigenvalue weighted by molar-refractivity contribution is 5.92. The van der Waals surface area contributed by atoms with Crippen LogP contribution in [0.15, 0.2) is 59.3 Å². The first kappa shape index (κ1) is 14.8. The van der Waals surface area contributed by atoms with Crippen molar-refractivity contribution in [3.05, 3.63) is 60.5 Å². The number of benzene rings is 2. The number of rotatable bonds is 4. The first-order valence-electron chi connectivity index (χ1n) is 6.99. The first-order valence-corrected chi connectivity index (χ1v) is 6.99. The van der Waals surface area contributed by atoms with Crippen LogP contribution in [-0.4, -0.2) is 30.3 Å². The third kappa shape index (κ3) is 3.37. The summed E-state index contributed by atoms with van der Waals surface area (Å²) in [6.07, 6.45) is 1.26. The smallest absolute Gasteiger partial charge is 0.343 e. The Morgan fingerprint density at radius 1 is 1.13 bits per heavy atom. The second kappa shape index (κ2) is 6.31. The molecule has 116 valence electrons. The quantitative estimate of drug-likeness (QED) is 0.545. The van der Waals surface area contributed by atoms with Crippen molar-refractivity contribution < 1.29 is 13.9 Å². The van der Waals surface area contributed by atoms with Crippen molar-refractivity contribution >= 4 is 11.7 Å². The van der Waals surface area contributed by atoms with Gasteiger partial charge in [0.15, 0.2) is 0 Å².